The van der Waals surface area contributed by atoms with Gasteiger partial charge in [-0.25, -0.2) is 4.98 Å². The van der Waals surface area contributed by atoms with E-state index in [0.29, 0.717) is 58.5 Å². The number of benzene rings is 2. The number of carbonyl (C=O) groups excluding carboxylic acids is 1. The molecule has 1 N–H and O–H groups in total. The minimum atomic E-state index is -0.314. The van der Waals surface area contributed by atoms with E-state index < -0.39 is 0 Å². The molecule has 0 radical (unpaired) electrons. The third-order valence-electron chi connectivity index (χ3n) is 4.74. The summed E-state index contributed by atoms with van der Waals surface area (Å²) in [6.07, 6.45) is 0. The Morgan fingerprint density at radius 1 is 1.03 bits per heavy atom. The molecule has 0 unspecified atom stereocenters. The molecule has 7 heteroatoms. The Hall–Kier alpha value is -3.87. The summed E-state index contributed by atoms with van der Waals surface area (Å²) >= 11 is 0. The van der Waals surface area contributed by atoms with Crippen molar-refractivity contribution in [2.75, 3.05) is 18.5 Å². The maximum atomic E-state index is 13.4. The van der Waals surface area contributed by atoms with Gasteiger partial charge in [0.2, 0.25) is 0 Å². The van der Waals surface area contributed by atoms with Crippen LogP contribution in [0.5, 0.6) is 11.5 Å². The molecule has 0 spiro atoms. The second-order valence-corrected chi connectivity index (χ2v) is 6.85. The quantitative estimate of drug-likeness (QED) is 0.442. The predicted octanol–water partition coefficient (Wildman–Crippen LogP) is 5.25. The summed E-state index contributed by atoms with van der Waals surface area (Å²) < 4.78 is 16.6. The summed E-state index contributed by atoms with van der Waals surface area (Å²) in [5, 5.41) is 7.54. The van der Waals surface area contributed by atoms with Crippen LogP contribution in [0.15, 0.2) is 59.1 Å². The fraction of sp³-hybridized carbons (Fsp3) is 0.208. The standard InChI is InChI=1S/C24H23N3O4/c1-4-29-17-11-12-21(30-5-2)20(13-17)25-23(28)18-14-19(16-9-7-6-8-10-16)26-24-22(18)15(3)27-31-24/h6-14H,4-5H2,1-3H3,(H,25,28). The number of nitrogens with one attached hydrogen (secondary N) is 1. The highest BCUT2D eigenvalue weighted by Crippen LogP contribution is 2.32. The number of pyridine rings is 1. The lowest BCUT2D eigenvalue weighted by Crippen LogP contribution is -2.14. The van der Waals surface area contributed by atoms with Gasteiger partial charge in [-0.15, -0.1) is 0 Å². The van der Waals surface area contributed by atoms with Crippen molar-refractivity contribution in [1.82, 2.24) is 10.1 Å². The van der Waals surface area contributed by atoms with E-state index in [4.69, 9.17) is 14.0 Å². The summed E-state index contributed by atoms with van der Waals surface area (Å²) in [4.78, 5) is 17.9. The first kappa shape index (κ1) is 20.4. The first-order valence-electron chi connectivity index (χ1n) is 10.1. The zero-order valence-electron chi connectivity index (χ0n) is 17.6. The van der Waals surface area contributed by atoms with Crippen LogP contribution in [0.3, 0.4) is 0 Å². The van der Waals surface area contributed by atoms with E-state index >= 15 is 0 Å². The number of ether oxygens (including phenoxy) is 2. The summed E-state index contributed by atoms with van der Waals surface area (Å²) in [5.74, 6) is 0.896. The highest BCUT2D eigenvalue weighted by atomic mass is 16.5. The predicted molar refractivity (Wildman–Crippen MR) is 119 cm³/mol. The molecule has 158 valence electrons. The third-order valence-corrected chi connectivity index (χ3v) is 4.74. The van der Waals surface area contributed by atoms with Crippen molar-refractivity contribution in [1.29, 1.82) is 0 Å². The average Bonchev–Trinajstić information content (AvgIpc) is 3.16. The average molecular weight is 417 g/mol. The Labute approximate surface area is 180 Å². The van der Waals surface area contributed by atoms with Crippen LogP contribution in [0.2, 0.25) is 0 Å². The van der Waals surface area contributed by atoms with Crippen molar-refractivity contribution in [2.45, 2.75) is 20.8 Å². The van der Waals surface area contributed by atoms with Crippen molar-refractivity contribution in [3.8, 4) is 22.8 Å². The lowest BCUT2D eigenvalue weighted by Gasteiger charge is -2.14. The second kappa shape index (κ2) is 8.87. The molecule has 4 aromatic rings. The van der Waals surface area contributed by atoms with Gasteiger partial charge in [0.15, 0.2) is 0 Å². The van der Waals surface area contributed by atoms with Gasteiger partial charge in [-0.2, -0.15) is 0 Å². The van der Waals surface area contributed by atoms with Crippen molar-refractivity contribution in [3.05, 3.63) is 65.9 Å². The van der Waals surface area contributed by atoms with E-state index in [-0.39, 0.29) is 5.91 Å². The van der Waals surface area contributed by atoms with Crippen molar-refractivity contribution in [3.63, 3.8) is 0 Å². The van der Waals surface area contributed by atoms with Crippen molar-refractivity contribution < 1.29 is 18.8 Å². The smallest absolute Gasteiger partial charge is 0.259 e. The molecule has 7 nitrogen and oxygen atoms in total. The van der Waals surface area contributed by atoms with E-state index in [1.54, 1.807) is 25.1 Å². The van der Waals surface area contributed by atoms with Crippen LogP contribution in [-0.2, 0) is 0 Å². The largest absolute Gasteiger partial charge is 0.494 e. The molecule has 0 atom stereocenters. The molecule has 0 saturated heterocycles. The number of nitrogens with zero attached hydrogens (tertiary/aromatic N) is 2. The summed E-state index contributed by atoms with van der Waals surface area (Å²) in [5.41, 5.74) is 3.37. The van der Waals surface area contributed by atoms with Crippen molar-refractivity contribution in [2.24, 2.45) is 0 Å². The van der Waals surface area contributed by atoms with Crippen LogP contribution >= 0.6 is 0 Å². The monoisotopic (exact) mass is 417 g/mol. The maximum Gasteiger partial charge on any atom is 0.259 e. The minimum Gasteiger partial charge on any atom is -0.494 e. The van der Waals surface area contributed by atoms with Crippen LogP contribution in [-0.4, -0.2) is 29.3 Å². The molecular formula is C24H23N3O4. The van der Waals surface area contributed by atoms with Crippen LogP contribution in [0, 0.1) is 6.92 Å². The number of anilines is 1. The third kappa shape index (κ3) is 4.21. The lowest BCUT2D eigenvalue weighted by molar-refractivity contribution is 0.102. The van der Waals surface area contributed by atoms with Gasteiger partial charge in [0.25, 0.3) is 11.6 Å². The molecule has 0 fully saturated rings. The Bertz CT molecular complexity index is 1220. The Kier molecular flexibility index (Phi) is 5.84. The van der Waals surface area contributed by atoms with E-state index in [1.807, 2.05) is 50.2 Å². The number of amides is 1. The van der Waals surface area contributed by atoms with Gasteiger partial charge in [0, 0.05) is 11.6 Å². The van der Waals surface area contributed by atoms with Gasteiger partial charge < -0.3 is 19.3 Å². The molecule has 2 aromatic carbocycles. The second-order valence-electron chi connectivity index (χ2n) is 6.85. The van der Waals surface area contributed by atoms with Gasteiger partial charge in [-0.05, 0) is 39.0 Å². The van der Waals surface area contributed by atoms with E-state index in [9.17, 15) is 4.79 Å². The molecule has 0 saturated carbocycles. The molecule has 0 aliphatic heterocycles. The molecule has 0 aliphatic carbocycles. The molecular weight excluding hydrogens is 394 g/mol. The number of aromatic nitrogens is 2. The van der Waals surface area contributed by atoms with Gasteiger partial charge in [-0.3, -0.25) is 4.79 Å². The normalized spacial score (nSPS) is 10.8. The SMILES string of the molecule is CCOc1ccc(OCC)c(NC(=O)c2cc(-c3ccccc3)nc3onc(C)c23)c1. The maximum absolute atomic E-state index is 13.4. The van der Waals surface area contributed by atoms with Gasteiger partial charge in [0.05, 0.1) is 41.2 Å². The van der Waals surface area contributed by atoms with Crippen LogP contribution < -0.4 is 14.8 Å². The Balaban J connectivity index is 1.77. The Morgan fingerprint density at radius 2 is 1.81 bits per heavy atom. The zero-order chi connectivity index (χ0) is 21.8. The molecule has 0 bridgehead atoms. The van der Waals surface area contributed by atoms with Gasteiger partial charge in [0.1, 0.15) is 11.5 Å². The number of fused-ring (bicyclic) bond motifs is 1. The molecule has 2 heterocycles. The van der Waals surface area contributed by atoms with Gasteiger partial charge in [-0.1, -0.05) is 35.5 Å². The van der Waals surface area contributed by atoms with Crippen LogP contribution in [0.25, 0.3) is 22.4 Å². The van der Waals surface area contributed by atoms with Crippen LogP contribution in [0.1, 0.15) is 29.9 Å². The highest BCUT2D eigenvalue weighted by Gasteiger charge is 2.20. The number of rotatable bonds is 7. The van der Waals surface area contributed by atoms with E-state index in [2.05, 4.69) is 15.5 Å². The molecule has 2 aromatic heterocycles. The summed E-state index contributed by atoms with van der Waals surface area (Å²) in [7, 11) is 0. The van der Waals surface area contributed by atoms with E-state index in [0.717, 1.165) is 5.56 Å². The Morgan fingerprint density at radius 3 is 2.55 bits per heavy atom. The lowest BCUT2D eigenvalue weighted by atomic mass is 10.0. The van der Waals surface area contributed by atoms with E-state index in [1.165, 1.54) is 0 Å². The topological polar surface area (TPSA) is 86.5 Å². The number of carbonyl (C=O) groups is 1. The fourth-order valence-electron chi connectivity index (χ4n) is 3.36. The van der Waals surface area contributed by atoms with Gasteiger partial charge >= 0.3 is 0 Å². The first-order valence-corrected chi connectivity index (χ1v) is 10.1. The van der Waals surface area contributed by atoms with Crippen molar-refractivity contribution >= 4 is 22.7 Å². The summed E-state index contributed by atoms with van der Waals surface area (Å²) in [6.45, 7) is 6.57. The first-order chi connectivity index (χ1) is 15.1. The molecule has 31 heavy (non-hydrogen) atoms. The van der Waals surface area contributed by atoms with Crippen LogP contribution in [0.4, 0.5) is 5.69 Å². The number of hydrogen-bond donors (Lipinski definition) is 1. The molecule has 0 aliphatic rings. The highest BCUT2D eigenvalue weighted by molar-refractivity contribution is 6.13. The molecule has 4 rings (SSSR count). The zero-order valence-corrected chi connectivity index (χ0v) is 17.6. The number of hydrogen-bond acceptors (Lipinski definition) is 6. The fourth-order valence-corrected chi connectivity index (χ4v) is 3.36. The number of aryl methyl sites for hydroxylation is 1. The summed E-state index contributed by atoms with van der Waals surface area (Å²) in [6, 6.07) is 16.7. The molecule has 1 amide bonds. The minimum absolute atomic E-state index is 0.314.